The number of aromatic nitrogens is 3. The third-order valence-electron chi connectivity index (χ3n) is 9.18. The second kappa shape index (κ2) is 14.5. The fourth-order valence-corrected chi connectivity index (χ4v) is 7.76. The number of halogens is 3. The average molecular weight is 651 g/mol. The van der Waals surface area contributed by atoms with E-state index in [1.807, 2.05) is 12.1 Å². The van der Waals surface area contributed by atoms with Crippen LogP contribution in [-0.2, 0) is 19.5 Å². The third kappa shape index (κ3) is 8.07. The number of anilines is 1. The van der Waals surface area contributed by atoms with Crippen LogP contribution in [0, 0.1) is 11.3 Å². The molecule has 0 aliphatic carbocycles. The standard InChI is InChI=1S/C34H41F3N8S/c1-2-3-10-39-26-6-11-43(12-7-26)15-16-45-28(21-38)18-25-17-24(4-5-31(25)45)22-44-13-8-27(9-14-44)42-32-30-19-29(20-34(35,36)37)46-33(30)41-23-40-32/h2,4-5,17-19,23,26-27,39H,1,3,6-16,20,22H2,(H,40,41,42). The first kappa shape index (κ1) is 32.4. The molecule has 244 valence electrons. The molecular weight excluding hydrogens is 609 g/mol. The number of piperidine rings is 2. The molecule has 8 nitrogen and oxygen atoms in total. The van der Waals surface area contributed by atoms with Crippen LogP contribution < -0.4 is 10.6 Å². The number of nitriles is 1. The van der Waals surface area contributed by atoms with Crippen molar-refractivity contribution >= 4 is 38.3 Å². The molecule has 2 aliphatic heterocycles. The molecule has 3 aromatic heterocycles. The van der Waals surface area contributed by atoms with Gasteiger partial charge in [0.2, 0.25) is 0 Å². The number of benzene rings is 1. The molecule has 6 rings (SSSR count). The minimum atomic E-state index is -4.25. The van der Waals surface area contributed by atoms with Gasteiger partial charge in [0.25, 0.3) is 0 Å². The van der Waals surface area contributed by atoms with E-state index in [1.165, 1.54) is 11.9 Å². The van der Waals surface area contributed by atoms with Crippen molar-refractivity contribution in [3.63, 3.8) is 0 Å². The molecule has 0 unspecified atom stereocenters. The van der Waals surface area contributed by atoms with Crippen LogP contribution in [0.15, 0.2) is 49.3 Å². The van der Waals surface area contributed by atoms with Gasteiger partial charge >= 0.3 is 6.18 Å². The fourth-order valence-electron chi connectivity index (χ4n) is 6.74. The number of fused-ring (bicyclic) bond motifs is 2. The Balaban J connectivity index is 1.01. The van der Waals surface area contributed by atoms with Gasteiger partial charge < -0.3 is 20.1 Å². The van der Waals surface area contributed by atoms with Crippen molar-refractivity contribution in [1.29, 1.82) is 5.26 Å². The van der Waals surface area contributed by atoms with Crippen molar-refractivity contribution in [2.45, 2.75) is 69.9 Å². The van der Waals surface area contributed by atoms with E-state index in [1.54, 1.807) is 6.07 Å². The second-order valence-electron chi connectivity index (χ2n) is 12.5. The lowest BCUT2D eigenvalue weighted by atomic mass is 10.0. The highest BCUT2D eigenvalue weighted by molar-refractivity contribution is 7.18. The summed E-state index contributed by atoms with van der Waals surface area (Å²) in [5, 5.41) is 18.8. The van der Waals surface area contributed by atoms with E-state index in [2.05, 4.69) is 65.8 Å². The smallest absolute Gasteiger partial charge is 0.367 e. The monoisotopic (exact) mass is 650 g/mol. The van der Waals surface area contributed by atoms with E-state index in [-0.39, 0.29) is 10.9 Å². The van der Waals surface area contributed by atoms with Crippen LogP contribution in [0.25, 0.3) is 21.1 Å². The fraction of sp³-hybridized carbons (Fsp3) is 0.500. The summed E-state index contributed by atoms with van der Waals surface area (Å²) in [6.07, 6.45) is 3.29. The summed E-state index contributed by atoms with van der Waals surface area (Å²) in [7, 11) is 0. The third-order valence-corrected chi connectivity index (χ3v) is 10.2. The number of alkyl halides is 3. The largest absolute Gasteiger partial charge is 0.393 e. The highest BCUT2D eigenvalue weighted by atomic mass is 32.1. The number of nitrogens with zero attached hydrogens (tertiary/aromatic N) is 6. The van der Waals surface area contributed by atoms with Crippen LogP contribution in [-0.4, -0.2) is 81.9 Å². The summed E-state index contributed by atoms with van der Waals surface area (Å²) in [5.74, 6) is 0.608. The van der Waals surface area contributed by atoms with Crippen molar-refractivity contribution in [3.8, 4) is 6.07 Å². The molecule has 2 fully saturated rings. The SMILES string of the molecule is C=CCCNC1CCN(CCn2c(C#N)cc3cc(CN4CCC(Nc5ncnc6sc(CC(F)(F)F)cc56)CC4)ccc32)CC1. The molecule has 12 heteroatoms. The highest BCUT2D eigenvalue weighted by Gasteiger charge is 2.29. The zero-order chi connectivity index (χ0) is 32.1. The van der Waals surface area contributed by atoms with E-state index in [9.17, 15) is 18.4 Å². The van der Waals surface area contributed by atoms with Gasteiger partial charge in [-0.05, 0) is 81.6 Å². The lowest BCUT2D eigenvalue weighted by molar-refractivity contribution is -0.126. The molecule has 0 spiro atoms. The number of nitrogens with one attached hydrogen (secondary N) is 2. The quantitative estimate of drug-likeness (QED) is 0.137. The molecule has 4 aromatic rings. The maximum absolute atomic E-state index is 12.9. The van der Waals surface area contributed by atoms with Gasteiger partial charge in [0.1, 0.15) is 28.7 Å². The Morgan fingerprint density at radius 3 is 2.50 bits per heavy atom. The van der Waals surface area contributed by atoms with Crippen LogP contribution >= 0.6 is 11.3 Å². The molecule has 0 saturated carbocycles. The Morgan fingerprint density at radius 1 is 1.00 bits per heavy atom. The van der Waals surface area contributed by atoms with Crippen molar-refractivity contribution in [2.24, 2.45) is 0 Å². The molecule has 2 aliphatic rings. The number of hydrogen-bond acceptors (Lipinski definition) is 8. The molecule has 2 saturated heterocycles. The lowest BCUT2D eigenvalue weighted by Crippen LogP contribution is -2.43. The first-order valence-electron chi connectivity index (χ1n) is 16.2. The number of hydrogen-bond donors (Lipinski definition) is 2. The van der Waals surface area contributed by atoms with Crippen molar-refractivity contribution < 1.29 is 13.2 Å². The molecular formula is C34H41F3N8S. The maximum atomic E-state index is 12.9. The predicted molar refractivity (Wildman–Crippen MR) is 178 cm³/mol. The first-order valence-corrected chi connectivity index (χ1v) is 17.0. The van der Waals surface area contributed by atoms with Gasteiger partial charge in [0, 0.05) is 60.6 Å². The number of likely N-dealkylation sites (tertiary alicyclic amines) is 2. The zero-order valence-corrected chi connectivity index (χ0v) is 26.8. The Hall–Kier alpha value is -3.50. The molecule has 0 bridgehead atoms. The summed E-state index contributed by atoms with van der Waals surface area (Å²) >= 11 is 1.07. The number of thiophene rings is 1. The Kier molecular flexibility index (Phi) is 10.2. The normalized spacial score (nSPS) is 17.5. The molecule has 5 heterocycles. The van der Waals surface area contributed by atoms with Gasteiger partial charge in [-0.1, -0.05) is 12.1 Å². The van der Waals surface area contributed by atoms with Gasteiger partial charge in [-0.25, -0.2) is 9.97 Å². The van der Waals surface area contributed by atoms with E-state index in [0.29, 0.717) is 27.8 Å². The minimum absolute atomic E-state index is 0.189. The highest BCUT2D eigenvalue weighted by Crippen LogP contribution is 2.33. The summed E-state index contributed by atoms with van der Waals surface area (Å²) in [4.78, 5) is 14.3. The molecule has 2 N–H and O–H groups in total. The summed E-state index contributed by atoms with van der Waals surface area (Å²) < 4.78 is 40.9. The van der Waals surface area contributed by atoms with Gasteiger partial charge in [-0.15, -0.1) is 17.9 Å². The van der Waals surface area contributed by atoms with E-state index in [4.69, 9.17) is 0 Å². The van der Waals surface area contributed by atoms with Crippen LogP contribution in [0.1, 0.15) is 48.2 Å². The van der Waals surface area contributed by atoms with Crippen LogP contribution in [0.2, 0.25) is 0 Å². The average Bonchev–Trinajstić information content (AvgIpc) is 3.61. The molecule has 1 aromatic carbocycles. The van der Waals surface area contributed by atoms with Crippen LogP contribution in [0.5, 0.6) is 0 Å². The summed E-state index contributed by atoms with van der Waals surface area (Å²) in [6.45, 7) is 11.3. The van der Waals surface area contributed by atoms with E-state index in [0.717, 1.165) is 107 Å². The topological polar surface area (TPSA) is 85.0 Å². The molecule has 0 amide bonds. The zero-order valence-electron chi connectivity index (χ0n) is 26.0. The van der Waals surface area contributed by atoms with Crippen molar-refractivity contribution in [1.82, 2.24) is 29.7 Å². The van der Waals surface area contributed by atoms with Gasteiger partial charge in [0.05, 0.1) is 11.8 Å². The van der Waals surface area contributed by atoms with Gasteiger partial charge in [0.15, 0.2) is 0 Å². The van der Waals surface area contributed by atoms with E-state index < -0.39 is 12.6 Å². The van der Waals surface area contributed by atoms with Crippen molar-refractivity contribution in [2.75, 3.05) is 44.6 Å². The van der Waals surface area contributed by atoms with E-state index >= 15 is 0 Å². The Morgan fingerprint density at radius 2 is 1.76 bits per heavy atom. The lowest BCUT2D eigenvalue weighted by Gasteiger charge is -2.33. The van der Waals surface area contributed by atoms with Crippen LogP contribution in [0.3, 0.4) is 0 Å². The minimum Gasteiger partial charge on any atom is -0.367 e. The van der Waals surface area contributed by atoms with Gasteiger partial charge in [-0.2, -0.15) is 18.4 Å². The van der Waals surface area contributed by atoms with Gasteiger partial charge in [-0.3, -0.25) is 4.90 Å². The Bertz CT molecular complexity index is 1670. The maximum Gasteiger partial charge on any atom is 0.393 e. The second-order valence-corrected chi connectivity index (χ2v) is 13.6. The molecule has 0 radical (unpaired) electrons. The van der Waals surface area contributed by atoms with Crippen molar-refractivity contribution in [3.05, 3.63) is 65.4 Å². The number of rotatable bonds is 12. The summed E-state index contributed by atoms with van der Waals surface area (Å²) in [5.41, 5.74) is 3.03. The molecule has 46 heavy (non-hydrogen) atoms. The summed E-state index contributed by atoms with van der Waals surface area (Å²) in [6, 6.07) is 13.3. The van der Waals surface area contributed by atoms with Crippen LogP contribution in [0.4, 0.5) is 19.0 Å². The first-order chi connectivity index (χ1) is 22.3. The predicted octanol–water partition coefficient (Wildman–Crippen LogP) is 6.33. The molecule has 0 atom stereocenters. The Labute approximate surface area is 271 Å².